The summed E-state index contributed by atoms with van der Waals surface area (Å²) in [5.41, 5.74) is 8.24. The first-order chi connectivity index (χ1) is 9.56. The van der Waals surface area contributed by atoms with Crippen LogP contribution in [-0.2, 0) is 11.3 Å². The molecule has 0 amide bonds. The lowest BCUT2D eigenvalue weighted by atomic mass is 9.95. The standard InChI is InChI=1S/C16H24N2O2/c1-12-5-7-13(8-6-12)11-18-9-3-2-4-14(18)10-15(17)16(19)20/h5-8,14-15H,2-4,9-11,17H2,1H3,(H,19,20). The van der Waals surface area contributed by atoms with Crippen LogP contribution >= 0.6 is 0 Å². The molecule has 1 heterocycles. The van der Waals surface area contributed by atoms with Crippen molar-refractivity contribution >= 4 is 5.97 Å². The number of benzene rings is 1. The molecule has 4 heteroatoms. The van der Waals surface area contributed by atoms with Crippen LogP contribution in [0.3, 0.4) is 0 Å². The molecule has 0 bridgehead atoms. The van der Waals surface area contributed by atoms with Gasteiger partial charge in [-0.2, -0.15) is 0 Å². The summed E-state index contributed by atoms with van der Waals surface area (Å²) in [6, 6.07) is 8.08. The van der Waals surface area contributed by atoms with Gasteiger partial charge in [0.05, 0.1) is 0 Å². The van der Waals surface area contributed by atoms with Gasteiger partial charge in [-0.25, -0.2) is 0 Å². The molecule has 1 aliphatic rings. The number of aliphatic carboxylic acids is 1. The third-order valence-corrected chi connectivity index (χ3v) is 4.10. The minimum Gasteiger partial charge on any atom is -0.480 e. The average Bonchev–Trinajstić information content (AvgIpc) is 2.43. The number of carboxylic acids is 1. The first-order valence-electron chi connectivity index (χ1n) is 7.34. The van der Waals surface area contributed by atoms with Crippen LogP contribution in [0.5, 0.6) is 0 Å². The predicted octanol–water partition coefficient (Wildman–Crippen LogP) is 2.15. The van der Waals surface area contributed by atoms with Crippen LogP contribution in [0.2, 0.25) is 0 Å². The molecule has 1 aromatic carbocycles. The summed E-state index contributed by atoms with van der Waals surface area (Å²) in [5, 5.41) is 8.98. The van der Waals surface area contributed by atoms with Crippen LogP contribution < -0.4 is 5.73 Å². The van der Waals surface area contributed by atoms with Crippen molar-refractivity contribution in [3.05, 3.63) is 35.4 Å². The van der Waals surface area contributed by atoms with E-state index in [0.717, 1.165) is 19.5 Å². The van der Waals surface area contributed by atoms with Crippen molar-refractivity contribution in [2.45, 2.75) is 51.2 Å². The quantitative estimate of drug-likeness (QED) is 0.865. The minimum atomic E-state index is -0.897. The number of aryl methyl sites for hydroxylation is 1. The largest absolute Gasteiger partial charge is 0.480 e. The number of carboxylic acid groups (broad SMARTS) is 1. The zero-order chi connectivity index (χ0) is 14.5. The molecule has 1 fully saturated rings. The molecule has 20 heavy (non-hydrogen) atoms. The van der Waals surface area contributed by atoms with Gasteiger partial charge in [0, 0.05) is 12.6 Å². The molecule has 2 atom stereocenters. The molecule has 0 aliphatic carbocycles. The summed E-state index contributed by atoms with van der Waals surface area (Å²) in [6.45, 7) is 4.00. The van der Waals surface area contributed by atoms with Crippen molar-refractivity contribution in [3.63, 3.8) is 0 Å². The number of rotatable bonds is 5. The van der Waals surface area contributed by atoms with E-state index >= 15 is 0 Å². The van der Waals surface area contributed by atoms with Crippen LogP contribution in [0, 0.1) is 6.92 Å². The Labute approximate surface area is 120 Å². The zero-order valence-electron chi connectivity index (χ0n) is 12.1. The third-order valence-electron chi connectivity index (χ3n) is 4.10. The Morgan fingerprint density at radius 1 is 1.40 bits per heavy atom. The van der Waals surface area contributed by atoms with Crippen LogP contribution in [0.1, 0.15) is 36.8 Å². The van der Waals surface area contributed by atoms with Gasteiger partial charge in [-0.1, -0.05) is 36.2 Å². The number of hydrogen-bond acceptors (Lipinski definition) is 3. The molecular weight excluding hydrogens is 252 g/mol. The molecule has 2 unspecified atom stereocenters. The van der Waals surface area contributed by atoms with E-state index in [2.05, 4.69) is 36.1 Å². The van der Waals surface area contributed by atoms with Gasteiger partial charge in [0.25, 0.3) is 0 Å². The van der Waals surface area contributed by atoms with Crippen molar-refractivity contribution in [1.82, 2.24) is 4.90 Å². The second-order valence-corrected chi connectivity index (χ2v) is 5.79. The Balaban J connectivity index is 1.99. The van der Waals surface area contributed by atoms with E-state index in [9.17, 15) is 4.79 Å². The first kappa shape index (κ1) is 15.0. The van der Waals surface area contributed by atoms with E-state index in [1.807, 2.05) is 0 Å². The van der Waals surface area contributed by atoms with Gasteiger partial charge >= 0.3 is 5.97 Å². The molecule has 1 saturated heterocycles. The first-order valence-corrected chi connectivity index (χ1v) is 7.34. The van der Waals surface area contributed by atoms with Crippen LogP contribution in [0.25, 0.3) is 0 Å². The fourth-order valence-corrected chi connectivity index (χ4v) is 2.86. The lowest BCUT2D eigenvalue weighted by Gasteiger charge is -2.36. The average molecular weight is 276 g/mol. The summed E-state index contributed by atoms with van der Waals surface area (Å²) in [7, 11) is 0. The maximum Gasteiger partial charge on any atom is 0.320 e. The highest BCUT2D eigenvalue weighted by Crippen LogP contribution is 2.23. The maximum atomic E-state index is 10.9. The van der Waals surface area contributed by atoms with E-state index < -0.39 is 12.0 Å². The number of nitrogens with two attached hydrogens (primary N) is 1. The molecule has 0 aromatic heterocycles. The Morgan fingerprint density at radius 3 is 2.75 bits per heavy atom. The van der Waals surface area contributed by atoms with Crippen molar-refractivity contribution < 1.29 is 9.90 Å². The number of piperidine rings is 1. The molecular formula is C16H24N2O2. The third kappa shape index (κ3) is 4.05. The van der Waals surface area contributed by atoms with E-state index in [1.165, 1.54) is 24.0 Å². The summed E-state index contributed by atoms with van der Waals surface area (Å²) >= 11 is 0. The smallest absolute Gasteiger partial charge is 0.320 e. The van der Waals surface area contributed by atoms with Gasteiger partial charge in [0.2, 0.25) is 0 Å². The molecule has 0 saturated carbocycles. The molecule has 4 nitrogen and oxygen atoms in total. The Bertz CT molecular complexity index is 444. The number of nitrogens with zero attached hydrogens (tertiary/aromatic N) is 1. The highest BCUT2D eigenvalue weighted by molar-refractivity contribution is 5.73. The fourth-order valence-electron chi connectivity index (χ4n) is 2.86. The zero-order valence-corrected chi connectivity index (χ0v) is 12.1. The van der Waals surface area contributed by atoms with Gasteiger partial charge in [-0.15, -0.1) is 0 Å². The van der Waals surface area contributed by atoms with Gasteiger partial charge < -0.3 is 10.8 Å². The monoisotopic (exact) mass is 276 g/mol. The summed E-state index contributed by atoms with van der Waals surface area (Å²) < 4.78 is 0. The topological polar surface area (TPSA) is 66.6 Å². The minimum absolute atomic E-state index is 0.288. The number of likely N-dealkylation sites (tertiary alicyclic amines) is 1. The fraction of sp³-hybridized carbons (Fsp3) is 0.562. The summed E-state index contributed by atoms with van der Waals surface area (Å²) in [6.07, 6.45) is 3.94. The van der Waals surface area contributed by atoms with Gasteiger partial charge in [0.15, 0.2) is 0 Å². The predicted molar refractivity (Wildman–Crippen MR) is 79.5 cm³/mol. The Morgan fingerprint density at radius 2 is 2.10 bits per heavy atom. The van der Waals surface area contributed by atoms with E-state index in [1.54, 1.807) is 0 Å². The van der Waals surface area contributed by atoms with E-state index in [4.69, 9.17) is 10.8 Å². The van der Waals surface area contributed by atoms with Crippen LogP contribution in [0.4, 0.5) is 0 Å². The molecule has 0 radical (unpaired) electrons. The Hall–Kier alpha value is -1.39. The highest BCUT2D eigenvalue weighted by atomic mass is 16.4. The molecule has 1 aromatic rings. The highest BCUT2D eigenvalue weighted by Gasteiger charge is 2.26. The normalized spacial score (nSPS) is 21.6. The maximum absolute atomic E-state index is 10.9. The summed E-state index contributed by atoms with van der Waals surface area (Å²) in [4.78, 5) is 13.3. The van der Waals surface area contributed by atoms with Crippen molar-refractivity contribution in [1.29, 1.82) is 0 Å². The van der Waals surface area contributed by atoms with Crippen LogP contribution in [0.15, 0.2) is 24.3 Å². The van der Waals surface area contributed by atoms with Crippen LogP contribution in [-0.4, -0.2) is 34.6 Å². The van der Waals surface area contributed by atoms with E-state index in [0.29, 0.717) is 6.42 Å². The Kier molecular flexibility index (Phi) is 5.15. The van der Waals surface area contributed by atoms with Crippen molar-refractivity contribution in [2.75, 3.05) is 6.54 Å². The lowest BCUT2D eigenvalue weighted by Crippen LogP contribution is -2.44. The second kappa shape index (κ2) is 6.86. The molecule has 110 valence electrons. The molecule has 3 N–H and O–H groups in total. The van der Waals surface area contributed by atoms with E-state index in [-0.39, 0.29) is 6.04 Å². The molecule has 2 rings (SSSR count). The molecule has 0 spiro atoms. The summed E-state index contributed by atoms with van der Waals surface area (Å²) in [5.74, 6) is -0.897. The van der Waals surface area contributed by atoms with Gasteiger partial charge in [-0.3, -0.25) is 9.69 Å². The number of carbonyl (C=O) groups is 1. The molecule has 1 aliphatic heterocycles. The number of hydrogen-bond donors (Lipinski definition) is 2. The van der Waals surface area contributed by atoms with Crippen molar-refractivity contribution in [3.8, 4) is 0 Å². The lowest BCUT2D eigenvalue weighted by molar-refractivity contribution is -0.139. The SMILES string of the molecule is Cc1ccc(CN2CCCCC2CC(N)C(=O)O)cc1. The van der Waals surface area contributed by atoms with Gasteiger partial charge in [0.1, 0.15) is 6.04 Å². The van der Waals surface area contributed by atoms with Gasteiger partial charge in [-0.05, 0) is 38.3 Å². The second-order valence-electron chi connectivity index (χ2n) is 5.79. The van der Waals surface area contributed by atoms with Crippen molar-refractivity contribution in [2.24, 2.45) is 5.73 Å².